The van der Waals surface area contributed by atoms with E-state index in [1.165, 1.54) is 11.8 Å². The van der Waals surface area contributed by atoms with Gasteiger partial charge in [-0.3, -0.25) is 9.69 Å². The number of Topliss-reactive ketones (excluding diaryl/α,β-unsaturated/α-hetero) is 1. The van der Waals surface area contributed by atoms with E-state index < -0.39 is 27.8 Å². The van der Waals surface area contributed by atoms with Gasteiger partial charge in [0.15, 0.2) is 17.8 Å². The number of ether oxygens (including phenoxy) is 1. The Morgan fingerprint density at radius 1 is 1.27 bits per heavy atom. The second kappa shape index (κ2) is 7.37. The number of rotatable bonds is 3. The molecule has 1 saturated heterocycles. The molecule has 1 heterocycles. The van der Waals surface area contributed by atoms with Gasteiger partial charge in [-0.1, -0.05) is 30.3 Å². The van der Waals surface area contributed by atoms with E-state index in [4.69, 9.17) is 16.5 Å². The highest BCUT2D eigenvalue weighted by Crippen LogP contribution is 2.37. The maximum Gasteiger partial charge on any atom is 0.410 e. The van der Waals surface area contributed by atoms with Crippen molar-refractivity contribution < 1.29 is 23.1 Å². The molecule has 0 saturated carbocycles. The molecular formula is C19H26ClN2O4+. The molecule has 0 radical (unpaired) electrons. The average molecular weight is 382 g/mol. The SMILES string of the molecule is CC(=O)[N+](Cl)(C1CN(C(=O)OC(C)(C)C)CC1=O)[C@H](C)c1ccccc1. The number of halogens is 1. The van der Waals surface area contributed by atoms with Crippen LogP contribution in [0.25, 0.3) is 0 Å². The lowest BCUT2D eigenvalue weighted by Crippen LogP contribution is -2.56. The van der Waals surface area contributed by atoms with E-state index >= 15 is 0 Å². The predicted octanol–water partition coefficient (Wildman–Crippen LogP) is 3.45. The third-order valence-corrected chi connectivity index (χ3v) is 5.31. The fourth-order valence-electron chi connectivity index (χ4n) is 3.17. The molecule has 0 aliphatic carbocycles. The van der Waals surface area contributed by atoms with Crippen LogP contribution in [-0.4, -0.2) is 51.4 Å². The Bertz CT molecular complexity index is 701. The van der Waals surface area contributed by atoms with Crippen LogP contribution in [0.3, 0.4) is 0 Å². The molecule has 0 N–H and O–H groups in total. The molecule has 1 fully saturated rings. The molecule has 26 heavy (non-hydrogen) atoms. The molecule has 0 aromatic heterocycles. The van der Waals surface area contributed by atoms with Gasteiger partial charge in [-0.05, 0) is 27.7 Å². The molecule has 0 bridgehead atoms. The summed E-state index contributed by atoms with van der Waals surface area (Å²) < 4.78 is 4.74. The minimum atomic E-state index is -0.836. The molecule has 6 nitrogen and oxygen atoms in total. The summed E-state index contributed by atoms with van der Waals surface area (Å²) in [6.45, 7) is 8.40. The van der Waals surface area contributed by atoms with Crippen molar-refractivity contribution in [2.45, 2.75) is 52.3 Å². The van der Waals surface area contributed by atoms with Crippen LogP contribution in [0.4, 0.5) is 4.79 Å². The van der Waals surface area contributed by atoms with E-state index in [9.17, 15) is 14.4 Å². The van der Waals surface area contributed by atoms with Gasteiger partial charge < -0.3 is 4.74 Å². The first kappa shape index (κ1) is 20.4. The van der Waals surface area contributed by atoms with E-state index in [-0.39, 0.29) is 24.8 Å². The smallest absolute Gasteiger partial charge is 0.410 e. The average Bonchev–Trinajstić information content (AvgIpc) is 2.95. The molecule has 1 aromatic rings. The zero-order valence-corrected chi connectivity index (χ0v) is 16.6. The minimum Gasteiger partial charge on any atom is -0.444 e. The van der Waals surface area contributed by atoms with Gasteiger partial charge in [0.2, 0.25) is 5.78 Å². The van der Waals surface area contributed by atoms with Crippen LogP contribution in [0.15, 0.2) is 30.3 Å². The summed E-state index contributed by atoms with van der Waals surface area (Å²) in [7, 11) is 0. The van der Waals surface area contributed by atoms with E-state index in [1.54, 1.807) is 20.8 Å². The second-order valence-corrected chi connectivity index (χ2v) is 8.20. The summed E-state index contributed by atoms with van der Waals surface area (Å²) in [5.41, 5.74) is 0.185. The van der Waals surface area contributed by atoms with Gasteiger partial charge >= 0.3 is 12.0 Å². The van der Waals surface area contributed by atoms with Crippen LogP contribution < -0.4 is 0 Å². The first-order valence-electron chi connectivity index (χ1n) is 8.61. The fourth-order valence-corrected chi connectivity index (χ4v) is 3.46. The van der Waals surface area contributed by atoms with Crippen molar-refractivity contribution in [3.63, 3.8) is 0 Å². The summed E-state index contributed by atoms with van der Waals surface area (Å²) in [4.78, 5) is 38.7. The van der Waals surface area contributed by atoms with Crippen molar-refractivity contribution in [3.05, 3.63) is 35.9 Å². The van der Waals surface area contributed by atoms with Crippen LogP contribution in [0.5, 0.6) is 0 Å². The van der Waals surface area contributed by atoms with Crippen LogP contribution in [0.2, 0.25) is 0 Å². The van der Waals surface area contributed by atoms with Gasteiger partial charge in [0.05, 0.1) is 20.0 Å². The lowest BCUT2D eigenvalue weighted by molar-refractivity contribution is -0.784. The number of amides is 2. The van der Waals surface area contributed by atoms with Crippen molar-refractivity contribution in [1.29, 1.82) is 0 Å². The van der Waals surface area contributed by atoms with Crippen molar-refractivity contribution in [3.8, 4) is 0 Å². The van der Waals surface area contributed by atoms with E-state index in [1.807, 2.05) is 37.3 Å². The van der Waals surface area contributed by atoms with Crippen LogP contribution in [0.1, 0.15) is 46.2 Å². The van der Waals surface area contributed by atoms with Gasteiger partial charge in [-0.2, -0.15) is 0 Å². The fraction of sp³-hybridized carbons (Fsp3) is 0.526. The third kappa shape index (κ3) is 4.07. The van der Waals surface area contributed by atoms with Gasteiger partial charge in [-0.15, -0.1) is 4.00 Å². The molecule has 1 aliphatic rings. The highest BCUT2D eigenvalue weighted by Gasteiger charge is 2.55. The number of hydrogen-bond acceptors (Lipinski definition) is 4. The Balaban J connectivity index is 2.29. The number of quaternary nitrogens is 1. The van der Waals surface area contributed by atoms with E-state index in [2.05, 4.69) is 0 Å². The summed E-state index contributed by atoms with van der Waals surface area (Å²) >= 11 is 6.75. The van der Waals surface area contributed by atoms with Crippen LogP contribution >= 0.6 is 11.8 Å². The zero-order chi connectivity index (χ0) is 19.7. The first-order chi connectivity index (χ1) is 12.0. The van der Waals surface area contributed by atoms with Crippen molar-refractivity contribution in [2.75, 3.05) is 13.1 Å². The molecule has 3 atom stereocenters. The topological polar surface area (TPSA) is 63.7 Å². The Kier molecular flexibility index (Phi) is 5.78. The number of nitrogens with zero attached hydrogens (tertiary/aromatic N) is 2. The van der Waals surface area contributed by atoms with Gasteiger partial charge in [0.25, 0.3) is 0 Å². The molecular weight excluding hydrogens is 356 g/mol. The van der Waals surface area contributed by atoms with Gasteiger partial charge in [0.1, 0.15) is 11.6 Å². The number of hydrogen-bond donors (Lipinski definition) is 0. The maximum atomic E-state index is 12.6. The van der Waals surface area contributed by atoms with Crippen LogP contribution in [0, 0.1) is 0 Å². The number of benzene rings is 1. The molecule has 1 aromatic carbocycles. The Morgan fingerprint density at radius 3 is 2.35 bits per heavy atom. The molecule has 2 unspecified atom stereocenters. The minimum absolute atomic E-state index is 0.0496. The van der Waals surface area contributed by atoms with E-state index in [0.717, 1.165) is 5.56 Å². The summed E-state index contributed by atoms with van der Waals surface area (Å²) in [5, 5.41) is 0. The normalized spacial score (nSPS) is 21.2. The highest BCUT2D eigenvalue weighted by molar-refractivity contribution is 6.14. The van der Waals surface area contributed by atoms with Crippen molar-refractivity contribution in [2.24, 2.45) is 0 Å². The van der Waals surface area contributed by atoms with Gasteiger partial charge in [-0.25, -0.2) is 9.59 Å². The quantitative estimate of drug-likeness (QED) is 0.752. The Hall–Kier alpha value is -1.92. The summed E-state index contributed by atoms with van der Waals surface area (Å²) in [5.74, 6) is -0.587. The van der Waals surface area contributed by atoms with Gasteiger partial charge in [0, 0.05) is 5.56 Å². The number of ketones is 1. The maximum absolute atomic E-state index is 12.6. The Morgan fingerprint density at radius 2 is 1.85 bits per heavy atom. The highest BCUT2D eigenvalue weighted by atomic mass is 35.5. The standard InChI is InChI=1S/C19H26ClN2O4/c1-13(15-9-7-6-8-10-15)22(20,14(2)23)16-11-21(12-17(16)24)18(25)26-19(3,4)5/h6-10,13,16H,11-12H2,1-5H3/q+1/t13-,16?,22?/m1/s1. The number of likely N-dealkylation sites (tertiary alicyclic amines) is 1. The van der Waals surface area contributed by atoms with Crippen LogP contribution in [-0.2, 0) is 14.3 Å². The first-order valence-corrected chi connectivity index (χ1v) is 8.95. The predicted molar refractivity (Wildman–Crippen MR) is 98.3 cm³/mol. The second-order valence-electron chi connectivity index (χ2n) is 7.64. The molecule has 0 spiro atoms. The van der Waals surface area contributed by atoms with E-state index in [0.29, 0.717) is 0 Å². The van der Waals surface area contributed by atoms with Crippen molar-refractivity contribution in [1.82, 2.24) is 4.90 Å². The Labute approximate surface area is 159 Å². The monoisotopic (exact) mass is 381 g/mol. The molecule has 2 rings (SSSR count). The molecule has 142 valence electrons. The summed E-state index contributed by atoms with van der Waals surface area (Å²) in [6, 6.07) is 8.05. The van der Waals surface area contributed by atoms with Crippen molar-refractivity contribution >= 4 is 29.6 Å². The number of carbonyl (C=O) groups excluding carboxylic acids is 3. The molecule has 1 aliphatic heterocycles. The lowest BCUT2D eigenvalue weighted by Gasteiger charge is -2.36. The molecule has 7 heteroatoms. The summed E-state index contributed by atoms with van der Waals surface area (Å²) in [6.07, 6.45) is -0.576. The molecule has 2 amide bonds. The lowest BCUT2D eigenvalue weighted by atomic mass is 10.0. The number of carbonyl (C=O) groups is 3. The largest absolute Gasteiger partial charge is 0.444 e. The zero-order valence-electron chi connectivity index (χ0n) is 15.9. The third-order valence-electron chi connectivity index (χ3n) is 4.55.